The van der Waals surface area contributed by atoms with Gasteiger partial charge in [0, 0.05) is 5.56 Å². The standard InChI is InChI=1S/C21H21F2NO5/c1-12(2)19(24-20(26)18-15(22)5-4-6-16(18)23)21(27)29-11-17(25)13-7-9-14(28-3)10-8-13/h4-10,12,19H,11H2,1-3H3,(H,24,26)/t19-/m0/s1. The number of rotatable bonds is 8. The molecule has 0 fully saturated rings. The smallest absolute Gasteiger partial charge is 0.329 e. The van der Waals surface area contributed by atoms with Gasteiger partial charge in [-0.3, -0.25) is 9.59 Å². The molecule has 0 saturated heterocycles. The molecule has 1 N–H and O–H groups in total. The zero-order valence-corrected chi connectivity index (χ0v) is 16.2. The number of ketones is 1. The van der Waals surface area contributed by atoms with E-state index in [0.29, 0.717) is 11.3 Å². The van der Waals surface area contributed by atoms with E-state index in [1.165, 1.54) is 19.2 Å². The molecule has 154 valence electrons. The van der Waals surface area contributed by atoms with Gasteiger partial charge in [0.05, 0.1) is 7.11 Å². The molecular weight excluding hydrogens is 384 g/mol. The predicted octanol–water partition coefficient (Wildman–Crippen LogP) is 3.15. The highest BCUT2D eigenvalue weighted by molar-refractivity contribution is 5.99. The van der Waals surface area contributed by atoms with Gasteiger partial charge in [-0.2, -0.15) is 0 Å². The fourth-order valence-electron chi connectivity index (χ4n) is 2.51. The molecule has 2 aromatic carbocycles. The van der Waals surface area contributed by atoms with Crippen molar-refractivity contribution in [3.05, 3.63) is 65.2 Å². The first-order valence-corrected chi connectivity index (χ1v) is 8.83. The lowest BCUT2D eigenvalue weighted by atomic mass is 10.0. The molecule has 0 aliphatic carbocycles. The van der Waals surface area contributed by atoms with E-state index in [1.807, 2.05) is 0 Å². The van der Waals surface area contributed by atoms with Crippen molar-refractivity contribution in [3.8, 4) is 5.75 Å². The van der Waals surface area contributed by atoms with Gasteiger partial charge in [-0.05, 0) is 42.3 Å². The van der Waals surface area contributed by atoms with Crippen LogP contribution in [0.5, 0.6) is 5.75 Å². The molecule has 0 bridgehead atoms. The normalized spacial score (nSPS) is 11.7. The number of benzene rings is 2. The van der Waals surface area contributed by atoms with Crippen molar-refractivity contribution in [2.45, 2.75) is 19.9 Å². The highest BCUT2D eigenvalue weighted by atomic mass is 19.1. The topological polar surface area (TPSA) is 81.7 Å². The molecule has 0 radical (unpaired) electrons. The number of hydrogen-bond acceptors (Lipinski definition) is 5. The number of hydrogen-bond donors (Lipinski definition) is 1. The number of amides is 1. The van der Waals surface area contributed by atoms with E-state index in [4.69, 9.17) is 9.47 Å². The van der Waals surface area contributed by atoms with Crippen LogP contribution in [-0.4, -0.2) is 37.4 Å². The lowest BCUT2D eigenvalue weighted by Gasteiger charge is -2.21. The van der Waals surface area contributed by atoms with Crippen LogP contribution >= 0.6 is 0 Å². The monoisotopic (exact) mass is 405 g/mol. The first-order valence-electron chi connectivity index (χ1n) is 8.83. The molecule has 6 nitrogen and oxygen atoms in total. The maximum Gasteiger partial charge on any atom is 0.329 e. The minimum absolute atomic E-state index is 0.317. The Morgan fingerprint density at radius 1 is 1.00 bits per heavy atom. The van der Waals surface area contributed by atoms with E-state index in [1.54, 1.807) is 26.0 Å². The van der Waals surface area contributed by atoms with Crippen LogP contribution in [0.1, 0.15) is 34.6 Å². The molecule has 0 unspecified atom stereocenters. The summed E-state index contributed by atoms with van der Waals surface area (Å²) in [6.45, 7) is 2.70. The third-order valence-electron chi connectivity index (χ3n) is 4.15. The predicted molar refractivity (Wildman–Crippen MR) is 101 cm³/mol. The third kappa shape index (κ3) is 5.60. The van der Waals surface area contributed by atoms with Gasteiger partial charge in [-0.15, -0.1) is 0 Å². The van der Waals surface area contributed by atoms with Crippen LogP contribution in [0.3, 0.4) is 0 Å². The average Bonchev–Trinajstić information content (AvgIpc) is 2.69. The van der Waals surface area contributed by atoms with E-state index < -0.39 is 53.4 Å². The second kappa shape index (κ2) is 9.77. The highest BCUT2D eigenvalue weighted by Gasteiger charge is 2.29. The van der Waals surface area contributed by atoms with Crippen molar-refractivity contribution in [3.63, 3.8) is 0 Å². The van der Waals surface area contributed by atoms with Crippen molar-refractivity contribution in [1.82, 2.24) is 5.32 Å². The largest absolute Gasteiger partial charge is 0.497 e. The number of methoxy groups -OCH3 is 1. The Kier molecular flexibility index (Phi) is 7.41. The molecule has 0 heterocycles. The number of halogens is 2. The van der Waals surface area contributed by atoms with Crippen molar-refractivity contribution in [2.24, 2.45) is 5.92 Å². The molecule has 29 heavy (non-hydrogen) atoms. The van der Waals surface area contributed by atoms with Crippen molar-refractivity contribution < 1.29 is 32.6 Å². The van der Waals surface area contributed by atoms with Gasteiger partial charge in [-0.25, -0.2) is 13.6 Å². The van der Waals surface area contributed by atoms with E-state index >= 15 is 0 Å². The Morgan fingerprint density at radius 3 is 2.10 bits per heavy atom. The highest BCUT2D eigenvalue weighted by Crippen LogP contribution is 2.15. The van der Waals surface area contributed by atoms with Crippen molar-refractivity contribution >= 4 is 17.7 Å². The summed E-state index contributed by atoms with van der Waals surface area (Å²) in [5.74, 6) is -4.39. The summed E-state index contributed by atoms with van der Waals surface area (Å²) in [6.07, 6.45) is 0. The Labute approximate surface area is 166 Å². The van der Waals surface area contributed by atoms with E-state index in [2.05, 4.69) is 5.32 Å². The Balaban J connectivity index is 2.03. The minimum atomic E-state index is -1.19. The van der Waals surface area contributed by atoms with Crippen LogP contribution in [0.15, 0.2) is 42.5 Å². The fourth-order valence-corrected chi connectivity index (χ4v) is 2.51. The van der Waals surface area contributed by atoms with Crippen molar-refractivity contribution in [1.29, 1.82) is 0 Å². The maximum absolute atomic E-state index is 13.8. The van der Waals surface area contributed by atoms with Gasteiger partial charge >= 0.3 is 5.97 Å². The van der Waals surface area contributed by atoms with Gasteiger partial charge in [0.2, 0.25) is 0 Å². The summed E-state index contributed by atoms with van der Waals surface area (Å²) in [5.41, 5.74) is -0.475. The van der Waals surface area contributed by atoms with E-state index in [-0.39, 0.29) is 0 Å². The first-order chi connectivity index (χ1) is 13.7. The molecule has 1 amide bonds. The van der Waals surface area contributed by atoms with Gasteiger partial charge < -0.3 is 14.8 Å². The van der Waals surface area contributed by atoms with Gasteiger partial charge in [0.1, 0.15) is 29.0 Å². The number of ether oxygens (including phenoxy) is 2. The van der Waals surface area contributed by atoms with Gasteiger partial charge in [-0.1, -0.05) is 19.9 Å². The first kappa shape index (κ1) is 22.0. The van der Waals surface area contributed by atoms with Gasteiger partial charge in [0.15, 0.2) is 12.4 Å². The Bertz CT molecular complexity index is 876. The molecule has 0 saturated carbocycles. The molecule has 1 atom stereocenters. The summed E-state index contributed by atoms with van der Waals surface area (Å²) >= 11 is 0. The van der Waals surface area contributed by atoms with Crippen LogP contribution in [0, 0.1) is 17.6 Å². The summed E-state index contributed by atoms with van der Waals surface area (Å²) in [7, 11) is 1.49. The summed E-state index contributed by atoms with van der Waals surface area (Å²) in [4.78, 5) is 36.8. The fraction of sp³-hybridized carbons (Fsp3) is 0.286. The van der Waals surface area contributed by atoms with E-state index in [0.717, 1.165) is 18.2 Å². The Morgan fingerprint density at radius 2 is 1.59 bits per heavy atom. The van der Waals surface area contributed by atoms with Gasteiger partial charge in [0.25, 0.3) is 5.91 Å². The lowest BCUT2D eigenvalue weighted by molar-refractivity contribution is -0.145. The molecule has 2 rings (SSSR count). The van der Waals surface area contributed by atoms with Crippen LogP contribution in [0.25, 0.3) is 0 Å². The SMILES string of the molecule is COc1ccc(C(=O)COC(=O)[C@@H](NC(=O)c2c(F)cccc2F)C(C)C)cc1. The zero-order chi connectivity index (χ0) is 21.6. The molecule has 0 aromatic heterocycles. The number of nitrogens with one attached hydrogen (secondary N) is 1. The molecular formula is C21H21F2NO5. The molecule has 0 spiro atoms. The quantitative estimate of drug-likeness (QED) is 0.539. The summed E-state index contributed by atoms with van der Waals surface area (Å²) in [6, 6.07) is 8.05. The summed E-state index contributed by atoms with van der Waals surface area (Å²) < 4.78 is 37.6. The second-order valence-corrected chi connectivity index (χ2v) is 6.55. The number of carbonyl (C=O) groups is 3. The van der Waals surface area contributed by atoms with Crippen molar-refractivity contribution in [2.75, 3.05) is 13.7 Å². The average molecular weight is 405 g/mol. The van der Waals surface area contributed by atoms with Crippen LogP contribution < -0.4 is 10.1 Å². The number of esters is 1. The van der Waals surface area contributed by atoms with Crippen LogP contribution in [-0.2, 0) is 9.53 Å². The number of Topliss-reactive ketones (excluding diaryl/α,β-unsaturated/α-hetero) is 1. The zero-order valence-electron chi connectivity index (χ0n) is 16.2. The minimum Gasteiger partial charge on any atom is -0.497 e. The summed E-state index contributed by atoms with van der Waals surface area (Å²) in [5, 5.41) is 2.27. The molecule has 2 aromatic rings. The lowest BCUT2D eigenvalue weighted by Crippen LogP contribution is -2.46. The third-order valence-corrected chi connectivity index (χ3v) is 4.15. The van der Waals surface area contributed by atoms with Crippen LogP contribution in [0.4, 0.5) is 8.78 Å². The molecule has 0 aliphatic heterocycles. The Hall–Kier alpha value is -3.29. The molecule has 8 heteroatoms. The maximum atomic E-state index is 13.8. The molecule has 0 aliphatic rings. The number of carbonyl (C=O) groups excluding carboxylic acids is 3. The second-order valence-electron chi connectivity index (χ2n) is 6.55. The van der Waals surface area contributed by atoms with E-state index in [9.17, 15) is 23.2 Å². The van der Waals surface area contributed by atoms with Crippen LogP contribution in [0.2, 0.25) is 0 Å².